The molecule has 2 rings (SSSR count). The molecule has 3 heteroatoms. The predicted octanol–water partition coefficient (Wildman–Crippen LogP) is 2.13. The highest BCUT2D eigenvalue weighted by Gasteiger charge is 2.41. The third kappa shape index (κ3) is 2.81. The van der Waals surface area contributed by atoms with Crippen LogP contribution in [-0.2, 0) is 17.6 Å². The summed E-state index contributed by atoms with van der Waals surface area (Å²) >= 11 is 0. The van der Waals surface area contributed by atoms with Crippen LogP contribution in [-0.4, -0.2) is 28.9 Å². The SMILES string of the molecule is CCc1ccc(CC(=O)N2CCC(N)C2(C)C)cc1. The zero-order valence-corrected chi connectivity index (χ0v) is 12.1. The van der Waals surface area contributed by atoms with Crippen LogP contribution in [0.1, 0.15) is 38.3 Å². The van der Waals surface area contributed by atoms with Crippen molar-refractivity contribution in [2.45, 2.75) is 51.6 Å². The van der Waals surface area contributed by atoms with E-state index in [0.29, 0.717) is 6.42 Å². The van der Waals surface area contributed by atoms with E-state index in [2.05, 4.69) is 45.0 Å². The second-order valence-corrected chi connectivity index (χ2v) is 5.94. The Kier molecular flexibility index (Phi) is 3.95. The Bertz CT molecular complexity index is 450. The quantitative estimate of drug-likeness (QED) is 0.905. The predicted molar refractivity (Wildman–Crippen MR) is 77.9 cm³/mol. The summed E-state index contributed by atoms with van der Waals surface area (Å²) in [5, 5.41) is 0. The van der Waals surface area contributed by atoms with E-state index in [1.165, 1.54) is 5.56 Å². The maximum Gasteiger partial charge on any atom is 0.227 e. The number of carbonyl (C=O) groups excluding carboxylic acids is 1. The van der Waals surface area contributed by atoms with Gasteiger partial charge >= 0.3 is 0 Å². The first-order valence-electron chi connectivity index (χ1n) is 7.09. The van der Waals surface area contributed by atoms with E-state index in [0.717, 1.165) is 24.9 Å². The van der Waals surface area contributed by atoms with Crippen LogP contribution >= 0.6 is 0 Å². The van der Waals surface area contributed by atoms with Gasteiger partial charge in [-0.1, -0.05) is 31.2 Å². The first-order valence-corrected chi connectivity index (χ1v) is 7.09. The van der Waals surface area contributed by atoms with Crippen molar-refractivity contribution in [3.63, 3.8) is 0 Å². The molecule has 104 valence electrons. The monoisotopic (exact) mass is 260 g/mol. The minimum absolute atomic E-state index is 0.0823. The summed E-state index contributed by atoms with van der Waals surface area (Å²) in [7, 11) is 0. The molecular formula is C16H24N2O. The smallest absolute Gasteiger partial charge is 0.227 e. The molecule has 0 aromatic heterocycles. The van der Waals surface area contributed by atoms with Crippen LogP contribution in [0.5, 0.6) is 0 Å². The molecule has 3 nitrogen and oxygen atoms in total. The molecule has 1 aliphatic rings. The largest absolute Gasteiger partial charge is 0.336 e. The Morgan fingerprint density at radius 2 is 1.89 bits per heavy atom. The van der Waals surface area contributed by atoms with Gasteiger partial charge in [0.25, 0.3) is 0 Å². The molecule has 19 heavy (non-hydrogen) atoms. The topological polar surface area (TPSA) is 46.3 Å². The maximum atomic E-state index is 12.4. The van der Waals surface area contributed by atoms with Gasteiger partial charge in [-0.05, 0) is 37.8 Å². The lowest BCUT2D eigenvalue weighted by Gasteiger charge is -2.34. The van der Waals surface area contributed by atoms with Gasteiger partial charge in [0.05, 0.1) is 12.0 Å². The second kappa shape index (κ2) is 5.33. The molecule has 1 amide bonds. The van der Waals surface area contributed by atoms with E-state index in [1.54, 1.807) is 0 Å². The van der Waals surface area contributed by atoms with E-state index >= 15 is 0 Å². The molecule has 0 saturated carbocycles. The molecule has 0 spiro atoms. The van der Waals surface area contributed by atoms with E-state index in [-0.39, 0.29) is 17.5 Å². The molecule has 2 N–H and O–H groups in total. The van der Waals surface area contributed by atoms with Crippen LogP contribution in [0.4, 0.5) is 0 Å². The number of hydrogen-bond donors (Lipinski definition) is 1. The van der Waals surface area contributed by atoms with Crippen molar-refractivity contribution in [3.8, 4) is 0 Å². The standard InChI is InChI=1S/C16H24N2O/c1-4-12-5-7-13(8-6-12)11-15(19)18-10-9-14(17)16(18,2)3/h5-8,14H,4,9-11,17H2,1-3H3. The Morgan fingerprint density at radius 3 is 2.37 bits per heavy atom. The summed E-state index contributed by atoms with van der Waals surface area (Å²) in [6, 6.07) is 8.39. The summed E-state index contributed by atoms with van der Waals surface area (Å²) in [5.41, 5.74) is 8.24. The number of hydrogen-bond acceptors (Lipinski definition) is 2. The zero-order valence-electron chi connectivity index (χ0n) is 12.1. The molecule has 0 aliphatic carbocycles. The highest BCUT2D eigenvalue weighted by atomic mass is 16.2. The van der Waals surface area contributed by atoms with Gasteiger partial charge in [0.2, 0.25) is 5.91 Å². The Labute approximate surface area is 115 Å². The molecule has 1 aromatic rings. The number of rotatable bonds is 3. The van der Waals surface area contributed by atoms with E-state index in [1.807, 2.05) is 4.90 Å². The zero-order chi connectivity index (χ0) is 14.0. The van der Waals surface area contributed by atoms with Crippen LogP contribution < -0.4 is 5.73 Å². The lowest BCUT2D eigenvalue weighted by atomic mass is 9.96. The second-order valence-electron chi connectivity index (χ2n) is 5.94. The van der Waals surface area contributed by atoms with Crippen molar-refractivity contribution in [2.24, 2.45) is 5.73 Å². The third-order valence-electron chi connectivity index (χ3n) is 4.35. The van der Waals surface area contributed by atoms with Gasteiger partial charge in [0.15, 0.2) is 0 Å². The van der Waals surface area contributed by atoms with Crippen LogP contribution in [0.15, 0.2) is 24.3 Å². The minimum atomic E-state index is -0.222. The summed E-state index contributed by atoms with van der Waals surface area (Å²) in [5.74, 6) is 0.183. The molecule has 1 heterocycles. The fourth-order valence-corrected chi connectivity index (χ4v) is 2.72. The van der Waals surface area contributed by atoms with Crippen molar-refractivity contribution in [3.05, 3.63) is 35.4 Å². The molecule has 1 aliphatic heterocycles. The van der Waals surface area contributed by atoms with Gasteiger partial charge in [-0.15, -0.1) is 0 Å². The highest BCUT2D eigenvalue weighted by Crippen LogP contribution is 2.28. The van der Waals surface area contributed by atoms with E-state index in [9.17, 15) is 4.79 Å². The number of aryl methyl sites for hydroxylation is 1. The maximum absolute atomic E-state index is 12.4. The molecule has 1 saturated heterocycles. The fourth-order valence-electron chi connectivity index (χ4n) is 2.72. The van der Waals surface area contributed by atoms with Gasteiger partial charge in [-0.2, -0.15) is 0 Å². The first kappa shape index (κ1) is 14.1. The summed E-state index contributed by atoms with van der Waals surface area (Å²) in [4.78, 5) is 14.3. The van der Waals surface area contributed by atoms with E-state index < -0.39 is 0 Å². The number of benzene rings is 1. The molecule has 1 atom stereocenters. The average molecular weight is 260 g/mol. The van der Waals surface area contributed by atoms with Gasteiger partial charge in [-0.3, -0.25) is 4.79 Å². The average Bonchev–Trinajstić information content (AvgIpc) is 2.65. The minimum Gasteiger partial charge on any atom is -0.336 e. The van der Waals surface area contributed by atoms with Crippen molar-refractivity contribution >= 4 is 5.91 Å². The normalized spacial score (nSPS) is 21.7. The van der Waals surface area contributed by atoms with Crippen molar-refractivity contribution < 1.29 is 4.79 Å². The molecular weight excluding hydrogens is 236 g/mol. The van der Waals surface area contributed by atoms with E-state index in [4.69, 9.17) is 5.73 Å². The third-order valence-corrected chi connectivity index (χ3v) is 4.35. The lowest BCUT2D eigenvalue weighted by molar-refractivity contribution is -0.133. The molecule has 0 radical (unpaired) electrons. The Balaban J connectivity index is 2.05. The van der Waals surface area contributed by atoms with Crippen molar-refractivity contribution in [1.82, 2.24) is 4.90 Å². The van der Waals surface area contributed by atoms with Crippen molar-refractivity contribution in [2.75, 3.05) is 6.54 Å². The Morgan fingerprint density at radius 1 is 1.32 bits per heavy atom. The van der Waals surface area contributed by atoms with Crippen LogP contribution in [0, 0.1) is 0 Å². The van der Waals surface area contributed by atoms with Crippen molar-refractivity contribution in [1.29, 1.82) is 0 Å². The van der Waals surface area contributed by atoms with Gasteiger partial charge in [0.1, 0.15) is 0 Å². The molecule has 1 unspecified atom stereocenters. The number of carbonyl (C=O) groups is 1. The summed E-state index contributed by atoms with van der Waals surface area (Å²) in [6.45, 7) is 7.03. The summed E-state index contributed by atoms with van der Waals surface area (Å²) in [6.07, 6.45) is 2.40. The Hall–Kier alpha value is -1.35. The number of amides is 1. The highest BCUT2D eigenvalue weighted by molar-refractivity contribution is 5.80. The van der Waals surface area contributed by atoms with Gasteiger partial charge in [-0.25, -0.2) is 0 Å². The number of nitrogens with zero attached hydrogens (tertiary/aromatic N) is 1. The van der Waals surface area contributed by atoms with Gasteiger partial charge < -0.3 is 10.6 Å². The van der Waals surface area contributed by atoms with Crippen LogP contribution in [0.25, 0.3) is 0 Å². The first-order chi connectivity index (χ1) is 8.95. The molecule has 1 fully saturated rings. The lowest BCUT2D eigenvalue weighted by Crippen LogP contribution is -2.51. The molecule has 1 aromatic carbocycles. The number of likely N-dealkylation sites (tertiary alicyclic amines) is 1. The van der Waals surface area contributed by atoms with Gasteiger partial charge in [0, 0.05) is 12.6 Å². The summed E-state index contributed by atoms with van der Waals surface area (Å²) < 4.78 is 0. The fraction of sp³-hybridized carbons (Fsp3) is 0.562. The molecule has 0 bridgehead atoms. The van der Waals surface area contributed by atoms with Crippen LogP contribution in [0.2, 0.25) is 0 Å². The number of nitrogens with two attached hydrogens (primary N) is 1. The van der Waals surface area contributed by atoms with Crippen LogP contribution in [0.3, 0.4) is 0 Å².